The SMILES string of the molecule is Cc1cccc(CN(C)CCNCc2ccc(Cl)s2)c1. The molecule has 0 aliphatic rings. The van der Waals surface area contributed by atoms with Gasteiger partial charge in [0, 0.05) is 31.1 Å². The van der Waals surface area contributed by atoms with E-state index in [2.05, 4.69) is 54.5 Å². The molecule has 1 aromatic carbocycles. The average molecular weight is 309 g/mol. The Morgan fingerprint density at radius 1 is 1.25 bits per heavy atom. The van der Waals surface area contributed by atoms with Crippen molar-refractivity contribution in [2.75, 3.05) is 20.1 Å². The van der Waals surface area contributed by atoms with E-state index in [4.69, 9.17) is 11.6 Å². The Kier molecular flexibility index (Phi) is 6.05. The summed E-state index contributed by atoms with van der Waals surface area (Å²) in [5.74, 6) is 0. The third kappa shape index (κ3) is 5.25. The first-order valence-electron chi connectivity index (χ1n) is 6.82. The maximum absolute atomic E-state index is 5.91. The van der Waals surface area contributed by atoms with Gasteiger partial charge in [0.25, 0.3) is 0 Å². The average Bonchev–Trinajstić information content (AvgIpc) is 2.80. The number of aryl methyl sites for hydroxylation is 1. The zero-order chi connectivity index (χ0) is 14.4. The van der Waals surface area contributed by atoms with Crippen molar-refractivity contribution in [2.24, 2.45) is 0 Å². The number of nitrogens with one attached hydrogen (secondary N) is 1. The Morgan fingerprint density at radius 2 is 2.10 bits per heavy atom. The van der Waals surface area contributed by atoms with Gasteiger partial charge in [-0.25, -0.2) is 0 Å². The van der Waals surface area contributed by atoms with E-state index in [0.717, 1.165) is 30.5 Å². The minimum absolute atomic E-state index is 0.860. The second kappa shape index (κ2) is 7.79. The zero-order valence-corrected chi connectivity index (χ0v) is 13.6. The molecule has 0 saturated carbocycles. The molecule has 1 N–H and O–H groups in total. The summed E-state index contributed by atoms with van der Waals surface area (Å²) in [6, 6.07) is 12.7. The number of thiophene rings is 1. The Bertz CT molecular complexity index is 539. The number of hydrogen-bond acceptors (Lipinski definition) is 3. The van der Waals surface area contributed by atoms with Crippen LogP contribution in [0.3, 0.4) is 0 Å². The van der Waals surface area contributed by atoms with E-state index in [9.17, 15) is 0 Å². The molecule has 0 spiro atoms. The van der Waals surface area contributed by atoms with Gasteiger partial charge >= 0.3 is 0 Å². The Labute approximate surface area is 130 Å². The number of likely N-dealkylation sites (N-methyl/N-ethyl adjacent to an activating group) is 1. The summed E-state index contributed by atoms with van der Waals surface area (Å²) in [5, 5.41) is 3.45. The highest BCUT2D eigenvalue weighted by Crippen LogP contribution is 2.20. The van der Waals surface area contributed by atoms with Crippen LogP contribution in [0, 0.1) is 6.92 Å². The van der Waals surface area contributed by atoms with Gasteiger partial charge in [0.05, 0.1) is 4.34 Å². The predicted molar refractivity (Wildman–Crippen MR) is 88.5 cm³/mol. The van der Waals surface area contributed by atoms with Gasteiger partial charge < -0.3 is 10.2 Å². The van der Waals surface area contributed by atoms with Crippen LogP contribution in [-0.4, -0.2) is 25.0 Å². The molecular weight excluding hydrogens is 288 g/mol. The summed E-state index contributed by atoms with van der Waals surface area (Å²) in [7, 11) is 2.16. The van der Waals surface area contributed by atoms with Gasteiger partial charge in [0.2, 0.25) is 0 Å². The van der Waals surface area contributed by atoms with E-state index < -0.39 is 0 Å². The molecule has 0 bridgehead atoms. The predicted octanol–water partition coefficient (Wildman–Crippen LogP) is 3.93. The summed E-state index contributed by atoms with van der Waals surface area (Å²) in [6.45, 7) is 6.05. The van der Waals surface area contributed by atoms with Gasteiger partial charge in [-0.3, -0.25) is 0 Å². The van der Waals surface area contributed by atoms with Gasteiger partial charge in [-0.2, -0.15) is 0 Å². The highest BCUT2D eigenvalue weighted by molar-refractivity contribution is 7.16. The first kappa shape index (κ1) is 15.5. The van der Waals surface area contributed by atoms with Crippen LogP contribution in [-0.2, 0) is 13.1 Å². The molecule has 2 aromatic rings. The quantitative estimate of drug-likeness (QED) is 0.780. The molecule has 2 nitrogen and oxygen atoms in total. The van der Waals surface area contributed by atoms with Crippen LogP contribution in [0.25, 0.3) is 0 Å². The molecule has 1 aromatic heterocycles. The third-order valence-electron chi connectivity index (χ3n) is 3.13. The fourth-order valence-corrected chi connectivity index (χ4v) is 3.19. The van der Waals surface area contributed by atoms with Crippen molar-refractivity contribution < 1.29 is 0 Å². The molecule has 0 aliphatic carbocycles. The fraction of sp³-hybridized carbons (Fsp3) is 0.375. The van der Waals surface area contributed by atoms with Crippen molar-refractivity contribution in [2.45, 2.75) is 20.0 Å². The van der Waals surface area contributed by atoms with E-state index >= 15 is 0 Å². The molecule has 108 valence electrons. The zero-order valence-electron chi connectivity index (χ0n) is 12.0. The maximum Gasteiger partial charge on any atom is 0.0931 e. The lowest BCUT2D eigenvalue weighted by Crippen LogP contribution is -2.28. The van der Waals surface area contributed by atoms with E-state index in [1.54, 1.807) is 11.3 Å². The molecule has 0 amide bonds. The van der Waals surface area contributed by atoms with Crippen molar-refractivity contribution in [3.05, 3.63) is 56.7 Å². The normalized spacial score (nSPS) is 11.2. The number of nitrogens with zero attached hydrogens (tertiary/aromatic N) is 1. The molecule has 0 fully saturated rings. The van der Waals surface area contributed by atoms with Crippen LogP contribution in [0.4, 0.5) is 0 Å². The van der Waals surface area contributed by atoms with Crippen molar-refractivity contribution >= 4 is 22.9 Å². The van der Waals surface area contributed by atoms with Crippen LogP contribution < -0.4 is 5.32 Å². The lowest BCUT2D eigenvalue weighted by molar-refractivity contribution is 0.324. The summed E-state index contributed by atoms with van der Waals surface area (Å²) in [6.07, 6.45) is 0. The molecule has 2 rings (SSSR count). The number of benzene rings is 1. The van der Waals surface area contributed by atoms with Gasteiger partial charge in [-0.1, -0.05) is 41.4 Å². The molecule has 4 heteroatoms. The first-order valence-corrected chi connectivity index (χ1v) is 8.02. The van der Waals surface area contributed by atoms with Crippen molar-refractivity contribution in [3.63, 3.8) is 0 Å². The molecule has 0 radical (unpaired) electrons. The first-order chi connectivity index (χ1) is 9.63. The summed E-state index contributed by atoms with van der Waals surface area (Å²) in [5.41, 5.74) is 2.70. The number of rotatable bonds is 7. The van der Waals surface area contributed by atoms with Gasteiger partial charge in [0.15, 0.2) is 0 Å². The van der Waals surface area contributed by atoms with Crippen LogP contribution >= 0.6 is 22.9 Å². The minimum atomic E-state index is 0.860. The van der Waals surface area contributed by atoms with E-state index in [-0.39, 0.29) is 0 Å². The molecule has 20 heavy (non-hydrogen) atoms. The van der Waals surface area contributed by atoms with Crippen LogP contribution in [0.1, 0.15) is 16.0 Å². The van der Waals surface area contributed by atoms with Crippen LogP contribution in [0.5, 0.6) is 0 Å². The minimum Gasteiger partial charge on any atom is -0.311 e. The molecule has 1 heterocycles. The molecule has 0 saturated heterocycles. The standard InChI is InChI=1S/C16H21ClN2S/c1-13-4-3-5-14(10-13)12-19(2)9-8-18-11-15-6-7-16(17)20-15/h3-7,10,18H,8-9,11-12H2,1-2H3. The van der Waals surface area contributed by atoms with Crippen molar-refractivity contribution in [3.8, 4) is 0 Å². The van der Waals surface area contributed by atoms with Crippen LogP contribution in [0.2, 0.25) is 4.34 Å². The molecule has 0 atom stereocenters. The van der Waals surface area contributed by atoms with Crippen LogP contribution in [0.15, 0.2) is 36.4 Å². The Balaban J connectivity index is 1.66. The maximum atomic E-state index is 5.91. The molecule has 0 aliphatic heterocycles. The summed E-state index contributed by atoms with van der Waals surface area (Å²) >= 11 is 7.55. The number of hydrogen-bond donors (Lipinski definition) is 1. The Morgan fingerprint density at radius 3 is 2.80 bits per heavy atom. The summed E-state index contributed by atoms with van der Waals surface area (Å²) in [4.78, 5) is 3.62. The number of halogens is 1. The smallest absolute Gasteiger partial charge is 0.0931 e. The molecule has 0 unspecified atom stereocenters. The van der Waals surface area contributed by atoms with Crippen molar-refractivity contribution in [1.82, 2.24) is 10.2 Å². The molecular formula is C16H21ClN2S. The third-order valence-corrected chi connectivity index (χ3v) is 4.36. The Hall–Kier alpha value is -0.870. The lowest BCUT2D eigenvalue weighted by atomic mass is 10.1. The lowest BCUT2D eigenvalue weighted by Gasteiger charge is -2.17. The van der Waals surface area contributed by atoms with Gasteiger partial charge in [-0.05, 0) is 31.7 Å². The highest BCUT2D eigenvalue weighted by atomic mass is 35.5. The fourth-order valence-electron chi connectivity index (χ4n) is 2.13. The van der Waals surface area contributed by atoms with Gasteiger partial charge in [0.1, 0.15) is 0 Å². The van der Waals surface area contributed by atoms with E-state index in [1.165, 1.54) is 16.0 Å². The topological polar surface area (TPSA) is 15.3 Å². The van der Waals surface area contributed by atoms with Crippen molar-refractivity contribution in [1.29, 1.82) is 0 Å². The second-order valence-corrected chi connectivity index (χ2v) is 6.91. The second-order valence-electron chi connectivity index (χ2n) is 5.11. The summed E-state index contributed by atoms with van der Waals surface area (Å²) < 4.78 is 0.860. The highest BCUT2D eigenvalue weighted by Gasteiger charge is 2.01. The van der Waals surface area contributed by atoms with Gasteiger partial charge in [-0.15, -0.1) is 11.3 Å². The van der Waals surface area contributed by atoms with E-state index in [1.807, 2.05) is 6.07 Å². The van der Waals surface area contributed by atoms with E-state index in [0.29, 0.717) is 0 Å². The largest absolute Gasteiger partial charge is 0.311 e. The monoisotopic (exact) mass is 308 g/mol.